The summed E-state index contributed by atoms with van der Waals surface area (Å²) in [4.78, 5) is 25.1. The van der Waals surface area contributed by atoms with Crippen molar-refractivity contribution in [1.29, 1.82) is 0 Å². The summed E-state index contributed by atoms with van der Waals surface area (Å²) >= 11 is 0. The molecule has 0 aromatic carbocycles. The first kappa shape index (κ1) is 23.6. The van der Waals surface area contributed by atoms with Gasteiger partial charge in [0.2, 0.25) is 0 Å². The van der Waals surface area contributed by atoms with Crippen LogP contribution >= 0.6 is 0 Å². The third-order valence-corrected chi connectivity index (χ3v) is 5.26. The molecule has 0 saturated carbocycles. The largest absolute Gasteiger partial charge is 0.389 e. The van der Waals surface area contributed by atoms with Crippen molar-refractivity contribution in [2.45, 2.75) is 44.6 Å². The van der Waals surface area contributed by atoms with E-state index in [0.29, 0.717) is 17.8 Å². The van der Waals surface area contributed by atoms with Crippen LogP contribution in [0.4, 0.5) is 14.6 Å². The number of rotatable bonds is 6. The van der Waals surface area contributed by atoms with Crippen molar-refractivity contribution in [1.82, 2.24) is 35.4 Å². The predicted molar refractivity (Wildman–Crippen MR) is 121 cm³/mol. The van der Waals surface area contributed by atoms with Crippen LogP contribution < -0.4 is 16.4 Å². The second kappa shape index (κ2) is 9.39. The number of nitrogens with zero attached hydrogens (tertiary/aromatic N) is 5. The van der Waals surface area contributed by atoms with E-state index < -0.39 is 29.5 Å². The van der Waals surface area contributed by atoms with Crippen LogP contribution in [0.2, 0.25) is 0 Å². The highest BCUT2D eigenvalue weighted by molar-refractivity contribution is 5.97. The Hall–Kier alpha value is -3.51. The first-order valence-corrected chi connectivity index (χ1v) is 10.8. The molecule has 3 aromatic rings. The second-order valence-corrected chi connectivity index (χ2v) is 8.94. The van der Waals surface area contributed by atoms with Gasteiger partial charge >= 0.3 is 0 Å². The van der Waals surface area contributed by atoms with E-state index in [-0.39, 0.29) is 42.3 Å². The monoisotopic (exact) mass is 472 g/mol. The highest BCUT2D eigenvalue weighted by atomic mass is 19.1. The molecule has 0 radical (unpaired) electrons. The van der Waals surface area contributed by atoms with E-state index in [1.807, 2.05) is 0 Å². The molecule has 5 N–H and O–H groups in total. The molecule has 1 aliphatic heterocycles. The number of carbonyl (C=O) groups excluding carboxylic acids is 1. The molecule has 0 spiro atoms. The third kappa shape index (κ3) is 5.51. The van der Waals surface area contributed by atoms with Gasteiger partial charge in [-0.25, -0.2) is 18.7 Å². The maximum Gasteiger partial charge on any atom is 0.274 e. The molecule has 0 bridgehead atoms. The Kier molecular flexibility index (Phi) is 6.53. The first-order valence-electron chi connectivity index (χ1n) is 10.8. The van der Waals surface area contributed by atoms with Gasteiger partial charge in [-0.15, -0.1) is 0 Å². The summed E-state index contributed by atoms with van der Waals surface area (Å²) in [5.74, 6) is -1.39. The molecule has 3 aromatic heterocycles. The number of aliphatic hydroxyl groups is 1. The van der Waals surface area contributed by atoms with Gasteiger partial charge < -0.3 is 21.5 Å². The third-order valence-electron chi connectivity index (χ3n) is 5.26. The smallest absolute Gasteiger partial charge is 0.274 e. The number of nitrogens with one attached hydrogen (secondary N) is 2. The van der Waals surface area contributed by atoms with Crippen LogP contribution in [0.25, 0.3) is 22.5 Å². The van der Waals surface area contributed by atoms with E-state index in [2.05, 4.69) is 30.7 Å². The van der Waals surface area contributed by atoms with Crippen LogP contribution in [0.3, 0.4) is 0 Å². The number of hydrogen-bond acceptors (Lipinski definition) is 8. The van der Waals surface area contributed by atoms with Gasteiger partial charge in [0.05, 0.1) is 42.1 Å². The van der Waals surface area contributed by atoms with Crippen molar-refractivity contribution < 1.29 is 18.7 Å². The molecule has 1 aliphatic rings. The van der Waals surface area contributed by atoms with Gasteiger partial charge in [-0.05, 0) is 19.9 Å². The number of nitrogen functional groups attached to an aromatic ring is 1. The zero-order valence-corrected chi connectivity index (χ0v) is 18.8. The van der Waals surface area contributed by atoms with Crippen molar-refractivity contribution in [3.8, 4) is 22.5 Å². The molecule has 4 heterocycles. The summed E-state index contributed by atoms with van der Waals surface area (Å²) < 4.78 is 29.9. The highest BCUT2D eigenvalue weighted by Crippen LogP contribution is 2.27. The Morgan fingerprint density at radius 1 is 1.29 bits per heavy atom. The fourth-order valence-electron chi connectivity index (χ4n) is 3.72. The maximum atomic E-state index is 14.7. The lowest BCUT2D eigenvalue weighted by molar-refractivity contribution is 0.0577. The Labute approximate surface area is 194 Å². The number of nitrogens with two attached hydrogens (primary N) is 1. The maximum absolute atomic E-state index is 14.7. The van der Waals surface area contributed by atoms with Crippen molar-refractivity contribution in [2.24, 2.45) is 0 Å². The van der Waals surface area contributed by atoms with Crippen LogP contribution in [0.5, 0.6) is 0 Å². The number of piperidine rings is 1. The van der Waals surface area contributed by atoms with Gasteiger partial charge in [-0.2, -0.15) is 5.10 Å². The van der Waals surface area contributed by atoms with Gasteiger partial charge in [0, 0.05) is 42.9 Å². The lowest BCUT2D eigenvalue weighted by Crippen LogP contribution is -2.49. The molecule has 34 heavy (non-hydrogen) atoms. The molecule has 180 valence electrons. The molecular weight excluding hydrogens is 446 g/mol. The highest BCUT2D eigenvalue weighted by Gasteiger charge is 2.25. The minimum absolute atomic E-state index is 0.0740. The number of anilines is 1. The second-order valence-electron chi connectivity index (χ2n) is 8.94. The molecule has 10 nitrogen and oxygen atoms in total. The lowest BCUT2D eigenvalue weighted by atomic mass is 10.1. The van der Waals surface area contributed by atoms with Crippen LogP contribution in [0.1, 0.15) is 30.8 Å². The molecule has 1 unspecified atom stereocenters. The van der Waals surface area contributed by atoms with Crippen LogP contribution in [-0.2, 0) is 6.54 Å². The Balaban J connectivity index is 1.60. The van der Waals surface area contributed by atoms with Crippen LogP contribution in [-0.4, -0.2) is 66.7 Å². The normalized spacial score (nSPS) is 18.6. The summed E-state index contributed by atoms with van der Waals surface area (Å²) in [6.07, 6.45) is 4.67. The summed E-state index contributed by atoms with van der Waals surface area (Å²) in [5, 5.41) is 19.8. The Morgan fingerprint density at radius 2 is 2.09 bits per heavy atom. The van der Waals surface area contributed by atoms with E-state index >= 15 is 0 Å². The van der Waals surface area contributed by atoms with Gasteiger partial charge in [0.1, 0.15) is 6.17 Å². The number of pyridine rings is 1. The standard InChI is InChI=1S/C22H26F2N8O2/c1-22(2,34)11-32-10-12(5-29-32)17-4-15(16(24)8-27-17)18-9-28-20(25)19(31-18)21(33)30-14-3-13(23)6-26-7-14/h4-5,8-10,13-14,26,34H,3,6-7,11H2,1-2H3,(H2,25,28)(H,30,33)/t13-,14?/m0/s1. The van der Waals surface area contributed by atoms with E-state index in [1.165, 1.54) is 12.3 Å². The van der Waals surface area contributed by atoms with E-state index in [4.69, 9.17) is 5.73 Å². The molecule has 0 aliphatic carbocycles. The van der Waals surface area contributed by atoms with Crippen LogP contribution in [0.15, 0.2) is 30.9 Å². The van der Waals surface area contributed by atoms with E-state index in [9.17, 15) is 18.7 Å². The summed E-state index contributed by atoms with van der Waals surface area (Å²) in [5.41, 5.74) is 5.92. The van der Waals surface area contributed by atoms with Crippen molar-refractivity contribution in [2.75, 3.05) is 18.8 Å². The molecule has 12 heteroatoms. The predicted octanol–water partition coefficient (Wildman–Crippen LogP) is 1.32. The van der Waals surface area contributed by atoms with E-state index in [1.54, 1.807) is 30.9 Å². The zero-order chi connectivity index (χ0) is 24.5. The summed E-state index contributed by atoms with van der Waals surface area (Å²) in [6, 6.07) is 1.05. The Morgan fingerprint density at radius 3 is 2.82 bits per heavy atom. The number of aromatic nitrogens is 5. The summed E-state index contributed by atoms with van der Waals surface area (Å²) in [6.45, 7) is 4.25. The average molecular weight is 473 g/mol. The molecular formula is C22H26F2N8O2. The first-order chi connectivity index (χ1) is 16.1. The van der Waals surface area contributed by atoms with Crippen molar-refractivity contribution >= 4 is 11.7 Å². The minimum Gasteiger partial charge on any atom is -0.389 e. The summed E-state index contributed by atoms with van der Waals surface area (Å²) in [7, 11) is 0. The minimum atomic E-state index is -1.06. The molecule has 1 fully saturated rings. The van der Waals surface area contributed by atoms with Gasteiger partial charge in [-0.1, -0.05) is 0 Å². The SMILES string of the molecule is CC(C)(O)Cn1cc(-c2cc(-c3cnc(N)c(C(=O)NC4CNC[C@@H](F)C4)n3)c(F)cn2)cn1. The van der Waals surface area contributed by atoms with Crippen LogP contribution in [0, 0.1) is 5.82 Å². The van der Waals surface area contributed by atoms with Gasteiger partial charge in [0.25, 0.3) is 5.91 Å². The quantitative estimate of drug-likeness (QED) is 0.421. The fraction of sp³-hybridized carbons (Fsp3) is 0.409. The number of halogens is 2. The topological polar surface area (TPSA) is 144 Å². The molecule has 2 atom stereocenters. The zero-order valence-electron chi connectivity index (χ0n) is 18.8. The van der Waals surface area contributed by atoms with Crippen molar-refractivity contribution in [3.63, 3.8) is 0 Å². The van der Waals surface area contributed by atoms with E-state index in [0.717, 1.165) is 6.20 Å². The lowest BCUT2D eigenvalue weighted by Gasteiger charge is -2.26. The molecule has 4 rings (SSSR count). The number of amides is 1. The molecule has 1 saturated heterocycles. The van der Waals surface area contributed by atoms with Gasteiger partial charge in [0.15, 0.2) is 17.3 Å². The number of alkyl halides is 1. The average Bonchev–Trinajstić information content (AvgIpc) is 3.21. The molecule has 1 amide bonds. The number of hydrogen-bond donors (Lipinski definition) is 4. The Bertz CT molecular complexity index is 1190. The van der Waals surface area contributed by atoms with Crippen molar-refractivity contribution in [3.05, 3.63) is 42.4 Å². The fourth-order valence-corrected chi connectivity index (χ4v) is 3.72. The number of carbonyl (C=O) groups is 1. The van der Waals surface area contributed by atoms with Gasteiger partial charge in [-0.3, -0.25) is 14.5 Å².